The number of nitrogens with one attached hydrogen (secondary N) is 1. The maximum Gasteiger partial charge on any atom is 0.237 e. The van der Waals surface area contributed by atoms with Crippen molar-refractivity contribution in [1.82, 2.24) is 19.7 Å². The number of carbonyl (C=O) groups excluding carboxylic acids is 2. The van der Waals surface area contributed by atoms with Gasteiger partial charge in [-0.1, -0.05) is 23.4 Å². The molecule has 1 saturated heterocycles. The molecule has 11 heteroatoms. The number of aryl methyl sites for hydroxylation is 1. The van der Waals surface area contributed by atoms with Gasteiger partial charge in [0.25, 0.3) is 0 Å². The van der Waals surface area contributed by atoms with Crippen molar-refractivity contribution < 1.29 is 14.3 Å². The van der Waals surface area contributed by atoms with Gasteiger partial charge in [-0.15, -0.1) is 10.2 Å². The van der Waals surface area contributed by atoms with Crippen molar-refractivity contribution in [2.24, 2.45) is 5.73 Å². The summed E-state index contributed by atoms with van der Waals surface area (Å²) in [4.78, 5) is 27.7. The lowest BCUT2D eigenvalue weighted by molar-refractivity contribution is -0.118. The number of hydrogen-bond acceptors (Lipinski definition) is 7. The summed E-state index contributed by atoms with van der Waals surface area (Å²) in [5, 5.41) is 11.6. The molecule has 9 nitrogen and oxygen atoms in total. The van der Waals surface area contributed by atoms with Crippen LogP contribution >= 0.6 is 23.4 Å². The number of primary amides is 1. The van der Waals surface area contributed by atoms with Crippen molar-refractivity contribution in [2.45, 2.75) is 55.7 Å². The fourth-order valence-corrected chi connectivity index (χ4v) is 3.97. The predicted octanol–water partition coefficient (Wildman–Crippen LogP) is 2.04. The highest BCUT2D eigenvalue weighted by Crippen LogP contribution is 2.27. The number of pyridine rings is 1. The summed E-state index contributed by atoms with van der Waals surface area (Å²) in [7, 11) is 0. The number of rotatable bonds is 9. The molecular formula is C18H23ClN6O3S. The van der Waals surface area contributed by atoms with Crippen LogP contribution in [0.15, 0.2) is 23.5 Å². The smallest absolute Gasteiger partial charge is 0.237 e. The van der Waals surface area contributed by atoms with E-state index in [4.69, 9.17) is 22.1 Å². The highest BCUT2D eigenvalue weighted by molar-refractivity contribution is 8.00. The highest BCUT2D eigenvalue weighted by Gasteiger charge is 2.24. The monoisotopic (exact) mass is 438 g/mol. The Balaban J connectivity index is 1.71. The number of nitrogens with zero attached hydrogens (tertiary/aromatic N) is 4. The lowest BCUT2D eigenvalue weighted by Gasteiger charge is -2.16. The molecule has 2 aromatic rings. The lowest BCUT2D eigenvalue weighted by atomic mass is 10.2. The average molecular weight is 439 g/mol. The minimum absolute atomic E-state index is 0.0658. The molecular weight excluding hydrogens is 416 g/mol. The van der Waals surface area contributed by atoms with Crippen molar-refractivity contribution in [3.8, 4) is 0 Å². The molecule has 1 aliphatic rings. The van der Waals surface area contributed by atoms with Gasteiger partial charge in [-0.25, -0.2) is 4.98 Å². The van der Waals surface area contributed by atoms with Crippen molar-refractivity contribution in [3.05, 3.63) is 29.3 Å². The van der Waals surface area contributed by atoms with E-state index in [0.29, 0.717) is 29.6 Å². The number of carbonyl (C=O) groups is 2. The molecule has 3 N–H and O–H groups in total. The van der Waals surface area contributed by atoms with Crippen molar-refractivity contribution in [3.63, 3.8) is 0 Å². The van der Waals surface area contributed by atoms with Gasteiger partial charge in [0.1, 0.15) is 5.82 Å². The normalized spacial score (nSPS) is 17.2. The van der Waals surface area contributed by atoms with Gasteiger partial charge in [-0.05, 0) is 31.9 Å². The zero-order valence-corrected chi connectivity index (χ0v) is 17.6. The van der Waals surface area contributed by atoms with Crippen molar-refractivity contribution in [2.75, 3.05) is 11.9 Å². The molecule has 2 unspecified atom stereocenters. The maximum atomic E-state index is 12.6. The summed E-state index contributed by atoms with van der Waals surface area (Å²) in [6.07, 6.45) is 4.16. The molecule has 156 valence electrons. The van der Waals surface area contributed by atoms with Gasteiger partial charge in [0.05, 0.1) is 23.6 Å². The van der Waals surface area contributed by atoms with Gasteiger partial charge in [-0.3, -0.25) is 9.59 Å². The Bertz CT molecular complexity index is 871. The van der Waals surface area contributed by atoms with E-state index in [1.54, 1.807) is 25.3 Å². The number of aromatic nitrogens is 4. The second kappa shape index (κ2) is 10.0. The first-order valence-electron chi connectivity index (χ1n) is 9.34. The molecule has 0 spiro atoms. The van der Waals surface area contributed by atoms with E-state index in [0.717, 1.165) is 19.4 Å². The number of halogens is 1. The fraction of sp³-hybridized carbons (Fsp3) is 0.500. The number of ether oxygens (including phenoxy) is 1. The summed E-state index contributed by atoms with van der Waals surface area (Å²) >= 11 is 7.29. The van der Waals surface area contributed by atoms with E-state index >= 15 is 0 Å². The lowest BCUT2D eigenvalue weighted by Crippen LogP contribution is -2.24. The van der Waals surface area contributed by atoms with E-state index in [1.165, 1.54) is 11.8 Å². The summed E-state index contributed by atoms with van der Waals surface area (Å²) in [6, 6.07) is 3.38. The van der Waals surface area contributed by atoms with Gasteiger partial charge in [0.15, 0.2) is 10.3 Å². The van der Waals surface area contributed by atoms with Crippen LogP contribution in [0.3, 0.4) is 0 Å². The zero-order chi connectivity index (χ0) is 20.8. The number of amides is 2. The topological polar surface area (TPSA) is 125 Å². The first-order chi connectivity index (χ1) is 13.9. The van der Waals surface area contributed by atoms with Crippen LogP contribution in [0.5, 0.6) is 0 Å². The van der Waals surface area contributed by atoms with Gasteiger partial charge in [0.2, 0.25) is 11.8 Å². The fourth-order valence-electron chi connectivity index (χ4n) is 2.93. The highest BCUT2D eigenvalue weighted by atomic mass is 35.5. The summed E-state index contributed by atoms with van der Waals surface area (Å²) in [5.74, 6) is 0.0342. The van der Waals surface area contributed by atoms with Gasteiger partial charge >= 0.3 is 0 Å². The van der Waals surface area contributed by atoms with Gasteiger partial charge < -0.3 is 20.4 Å². The van der Waals surface area contributed by atoms with Crippen LogP contribution in [-0.4, -0.2) is 49.5 Å². The summed E-state index contributed by atoms with van der Waals surface area (Å²) in [6.45, 7) is 3.08. The standard InChI is InChI=1S/C18H23ClN6O3S/c1-11(17(27)22-13-5-2-8-21-16(13)19)29-18-24-23-15(7-6-14(20)26)25(18)10-12-4-3-9-28-12/h2,5,8,11-12H,3-4,6-7,9-10H2,1H3,(H2,20,26)(H,22,27). The molecule has 29 heavy (non-hydrogen) atoms. The van der Waals surface area contributed by atoms with Crippen LogP contribution in [0.25, 0.3) is 0 Å². The molecule has 0 bridgehead atoms. The number of hydrogen-bond donors (Lipinski definition) is 2. The largest absolute Gasteiger partial charge is 0.376 e. The molecule has 0 saturated carbocycles. The van der Waals surface area contributed by atoms with E-state index < -0.39 is 11.2 Å². The Labute approximate surface area is 177 Å². The SMILES string of the molecule is CC(Sc1nnc(CCC(N)=O)n1CC1CCCO1)C(=O)Nc1cccnc1Cl. The zero-order valence-electron chi connectivity index (χ0n) is 16.0. The third kappa shape index (κ3) is 5.91. The Kier molecular flexibility index (Phi) is 7.45. The molecule has 2 amide bonds. The van der Waals surface area contributed by atoms with Crippen LogP contribution in [0, 0.1) is 0 Å². The third-order valence-corrected chi connectivity index (χ3v) is 5.85. The molecule has 2 aromatic heterocycles. The Hall–Kier alpha value is -2.17. The Morgan fingerprint density at radius 2 is 2.31 bits per heavy atom. The molecule has 2 atom stereocenters. The van der Waals surface area contributed by atoms with E-state index in [2.05, 4.69) is 20.5 Å². The van der Waals surface area contributed by atoms with E-state index in [1.807, 2.05) is 4.57 Å². The number of nitrogens with two attached hydrogens (primary N) is 1. The number of anilines is 1. The molecule has 3 heterocycles. The first kappa shape index (κ1) is 21.5. The van der Waals surface area contributed by atoms with E-state index in [9.17, 15) is 9.59 Å². The Morgan fingerprint density at radius 3 is 3.00 bits per heavy atom. The van der Waals surface area contributed by atoms with Gasteiger partial charge in [0, 0.05) is 25.6 Å². The molecule has 3 rings (SSSR count). The van der Waals surface area contributed by atoms with E-state index in [-0.39, 0.29) is 23.6 Å². The minimum Gasteiger partial charge on any atom is -0.376 e. The van der Waals surface area contributed by atoms with Crippen LogP contribution in [0.1, 0.15) is 32.0 Å². The molecule has 1 fully saturated rings. The molecule has 0 aromatic carbocycles. The average Bonchev–Trinajstić information content (AvgIpc) is 3.33. The second-order valence-corrected chi connectivity index (χ2v) is 8.37. The molecule has 0 radical (unpaired) electrons. The van der Waals surface area contributed by atoms with Crippen LogP contribution < -0.4 is 11.1 Å². The maximum absolute atomic E-state index is 12.6. The van der Waals surface area contributed by atoms with Crippen LogP contribution in [0.4, 0.5) is 5.69 Å². The number of thioether (sulfide) groups is 1. The first-order valence-corrected chi connectivity index (χ1v) is 10.6. The van der Waals surface area contributed by atoms with Crippen molar-refractivity contribution >= 4 is 40.9 Å². The van der Waals surface area contributed by atoms with Crippen LogP contribution in [-0.2, 0) is 27.3 Å². The third-order valence-electron chi connectivity index (χ3n) is 4.47. The summed E-state index contributed by atoms with van der Waals surface area (Å²) in [5.41, 5.74) is 5.72. The quantitative estimate of drug-likeness (QED) is 0.453. The summed E-state index contributed by atoms with van der Waals surface area (Å²) < 4.78 is 7.65. The van der Waals surface area contributed by atoms with Crippen molar-refractivity contribution in [1.29, 1.82) is 0 Å². The Morgan fingerprint density at radius 1 is 1.48 bits per heavy atom. The predicted molar refractivity (Wildman–Crippen MR) is 110 cm³/mol. The molecule has 1 aliphatic heterocycles. The van der Waals surface area contributed by atoms with Crippen LogP contribution in [0.2, 0.25) is 5.15 Å². The minimum atomic E-state index is -0.456. The molecule has 0 aliphatic carbocycles. The van der Waals surface area contributed by atoms with Gasteiger partial charge in [-0.2, -0.15) is 0 Å². The second-order valence-electron chi connectivity index (χ2n) is 6.70.